The molecular weight excluding hydrogens is 444 g/mol. The number of aryl methyl sites for hydroxylation is 1. The van der Waals surface area contributed by atoms with E-state index < -0.39 is 18.4 Å². The third kappa shape index (κ3) is 6.29. The van der Waals surface area contributed by atoms with Crippen LogP contribution in [0.4, 0.5) is 0 Å². The Bertz CT molecular complexity index is 1050. The van der Waals surface area contributed by atoms with Crippen molar-refractivity contribution in [2.75, 3.05) is 13.2 Å². The van der Waals surface area contributed by atoms with Crippen LogP contribution in [0.3, 0.4) is 0 Å². The lowest BCUT2D eigenvalue weighted by molar-refractivity contribution is -0.140. The average molecular weight is 473 g/mol. The Labute approximate surface area is 198 Å². The molecular formula is C24H28N2O4S2. The van der Waals surface area contributed by atoms with Gasteiger partial charge in [0.15, 0.2) is 0 Å². The Morgan fingerprint density at radius 2 is 1.97 bits per heavy atom. The maximum atomic E-state index is 12.7. The van der Waals surface area contributed by atoms with Crippen LogP contribution in [-0.4, -0.2) is 44.3 Å². The summed E-state index contributed by atoms with van der Waals surface area (Å²) in [5.74, 6) is -1.04. The molecule has 0 saturated carbocycles. The van der Waals surface area contributed by atoms with Crippen LogP contribution in [-0.2, 0) is 9.59 Å². The van der Waals surface area contributed by atoms with E-state index in [4.69, 9.17) is 22.1 Å². The Balaban J connectivity index is 1.83. The molecule has 1 saturated heterocycles. The summed E-state index contributed by atoms with van der Waals surface area (Å²) in [5, 5.41) is 10.00. The number of fused-ring (bicyclic) bond motifs is 1. The van der Waals surface area contributed by atoms with Crippen LogP contribution in [0.1, 0.15) is 56.6 Å². The first kappa shape index (κ1) is 24.2. The number of carboxylic acids is 1. The zero-order chi connectivity index (χ0) is 23.1. The number of carbonyl (C=O) groups excluding carboxylic acids is 1. The quantitative estimate of drug-likeness (QED) is 0.260. The number of pyridine rings is 1. The molecule has 1 aliphatic heterocycles. The molecule has 0 spiro atoms. The number of benzene rings is 1. The molecule has 32 heavy (non-hydrogen) atoms. The second kappa shape index (κ2) is 11.4. The molecule has 2 aromatic rings. The van der Waals surface area contributed by atoms with Crippen molar-refractivity contribution < 1.29 is 19.4 Å². The number of thioether (sulfide) groups is 1. The van der Waals surface area contributed by atoms with E-state index in [1.165, 1.54) is 25.7 Å². The molecule has 1 amide bonds. The van der Waals surface area contributed by atoms with Gasteiger partial charge in [-0.25, -0.2) is 4.98 Å². The second-order valence-corrected chi connectivity index (χ2v) is 9.53. The van der Waals surface area contributed by atoms with Crippen molar-refractivity contribution in [2.24, 2.45) is 0 Å². The van der Waals surface area contributed by atoms with E-state index in [0.717, 1.165) is 46.0 Å². The highest BCUT2D eigenvalue weighted by Crippen LogP contribution is 2.34. The number of aliphatic carboxylic acids is 1. The monoisotopic (exact) mass is 472 g/mol. The topological polar surface area (TPSA) is 79.7 Å². The lowest BCUT2D eigenvalue weighted by atomic mass is 10.1. The van der Waals surface area contributed by atoms with Crippen LogP contribution < -0.4 is 4.74 Å². The number of carbonyl (C=O) groups is 2. The molecule has 2 heterocycles. The van der Waals surface area contributed by atoms with Gasteiger partial charge in [-0.1, -0.05) is 74.6 Å². The average Bonchev–Trinajstić information content (AvgIpc) is 3.00. The van der Waals surface area contributed by atoms with Crippen molar-refractivity contribution in [1.82, 2.24) is 9.88 Å². The van der Waals surface area contributed by atoms with Crippen molar-refractivity contribution in [1.29, 1.82) is 0 Å². The lowest BCUT2D eigenvalue weighted by Gasteiger charge is -2.11. The van der Waals surface area contributed by atoms with Crippen LogP contribution in [0.2, 0.25) is 0 Å². The maximum Gasteiger partial charge on any atom is 0.323 e. The summed E-state index contributed by atoms with van der Waals surface area (Å²) >= 11 is 6.30. The highest BCUT2D eigenvalue weighted by Gasteiger charge is 2.33. The van der Waals surface area contributed by atoms with E-state index in [2.05, 4.69) is 11.9 Å². The van der Waals surface area contributed by atoms with Gasteiger partial charge in [-0.05, 0) is 37.6 Å². The number of ether oxygens (including phenoxy) is 1. The van der Waals surface area contributed by atoms with E-state index in [1.807, 2.05) is 31.2 Å². The van der Waals surface area contributed by atoms with Gasteiger partial charge in [-0.15, -0.1) is 0 Å². The standard InChI is InChI=1S/C24H28N2O4S2/c1-3-4-5-6-7-8-11-30-22-18(13-17-12-16(2)9-10-19(17)25-22)14-20-23(29)26(15-21(27)28)24(31)32-20/h9-10,12-14H,3-8,11,15H2,1-2H3,(H,27,28)/b20-14-. The third-order valence-electron chi connectivity index (χ3n) is 5.15. The van der Waals surface area contributed by atoms with Crippen molar-refractivity contribution in [3.05, 3.63) is 40.3 Å². The number of carboxylic acid groups (broad SMARTS) is 1. The first-order chi connectivity index (χ1) is 15.4. The molecule has 1 aliphatic rings. The summed E-state index contributed by atoms with van der Waals surface area (Å²) in [6.45, 7) is 4.32. The minimum atomic E-state index is -1.10. The van der Waals surface area contributed by atoms with Crippen LogP contribution in [0.15, 0.2) is 29.2 Å². The Morgan fingerprint density at radius 1 is 1.22 bits per heavy atom. The summed E-state index contributed by atoms with van der Waals surface area (Å²) in [7, 11) is 0. The number of hydrogen-bond donors (Lipinski definition) is 1. The third-order valence-corrected chi connectivity index (χ3v) is 6.53. The minimum absolute atomic E-state index is 0.239. The van der Waals surface area contributed by atoms with Gasteiger partial charge in [-0.3, -0.25) is 14.5 Å². The van der Waals surface area contributed by atoms with E-state index in [9.17, 15) is 9.59 Å². The van der Waals surface area contributed by atoms with Crippen LogP contribution in [0.5, 0.6) is 5.88 Å². The molecule has 0 unspecified atom stereocenters. The van der Waals surface area contributed by atoms with Gasteiger partial charge in [0.25, 0.3) is 5.91 Å². The van der Waals surface area contributed by atoms with Gasteiger partial charge in [0.2, 0.25) is 5.88 Å². The molecule has 8 heteroatoms. The highest BCUT2D eigenvalue weighted by molar-refractivity contribution is 8.26. The Kier molecular flexibility index (Phi) is 8.64. The highest BCUT2D eigenvalue weighted by atomic mass is 32.2. The van der Waals surface area contributed by atoms with Gasteiger partial charge >= 0.3 is 5.97 Å². The molecule has 1 fully saturated rings. The predicted molar refractivity (Wildman–Crippen MR) is 133 cm³/mol. The fourth-order valence-corrected chi connectivity index (χ4v) is 4.72. The first-order valence-electron chi connectivity index (χ1n) is 10.9. The van der Waals surface area contributed by atoms with Gasteiger partial charge in [-0.2, -0.15) is 0 Å². The van der Waals surface area contributed by atoms with Gasteiger partial charge < -0.3 is 9.84 Å². The number of rotatable bonds is 11. The summed E-state index contributed by atoms with van der Waals surface area (Å²) in [4.78, 5) is 29.9. The lowest BCUT2D eigenvalue weighted by Crippen LogP contribution is -2.33. The number of unbranched alkanes of at least 4 members (excludes halogenated alkanes) is 5. The SMILES string of the molecule is CCCCCCCCOc1nc2ccc(C)cc2cc1/C=C1\SC(=S)N(CC(=O)O)C1=O. The maximum absolute atomic E-state index is 12.7. The predicted octanol–water partition coefficient (Wildman–Crippen LogP) is 5.57. The van der Waals surface area contributed by atoms with Crippen molar-refractivity contribution in [2.45, 2.75) is 52.4 Å². The zero-order valence-electron chi connectivity index (χ0n) is 18.4. The van der Waals surface area contributed by atoms with Crippen molar-refractivity contribution in [3.63, 3.8) is 0 Å². The summed E-state index contributed by atoms with van der Waals surface area (Å²) in [6, 6.07) is 7.95. The van der Waals surface area contributed by atoms with E-state index >= 15 is 0 Å². The van der Waals surface area contributed by atoms with E-state index in [0.29, 0.717) is 23.0 Å². The van der Waals surface area contributed by atoms with E-state index in [1.54, 1.807) is 6.08 Å². The summed E-state index contributed by atoms with van der Waals surface area (Å²) in [6.07, 6.45) is 8.67. The molecule has 0 atom stereocenters. The van der Waals surface area contributed by atoms with E-state index in [-0.39, 0.29) is 4.32 Å². The number of amides is 1. The zero-order valence-corrected chi connectivity index (χ0v) is 20.1. The Hall–Kier alpha value is -2.45. The minimum Gasteiger partial charge on any atom is -0.480 e. The van der Waals surface area contributed by atoms with Crippen LogP contribution in [0.25, 0.3) is 17.0 Å². The molecule has 0 bridgehead atoms. The van der Waals surface area contributed by atoms with Gasteiger partial charge in [0, 0.05) is 10.9 Å². The molecule has 1 N–H and O–H groups in total. The molecule has 6 nitrogen and oxygen atoms in total. The number of aromatic nitrogens is 1. The molecule has 1 aromatic heterocycles. The second-order valence-electron chi connectivity index (χ2n) is 7.86. The summed E-state index contributed by atoms with van der Waals surface area (Å²) < 4.78 is 6.27. The molecule has 0 aliphatic carbocycles. The number of nitrogens with zero attached hydrogens (tertiary/aromatic N) is 2. The van der Waals surface area contributed by atoms with Gasteiger partial charge in [0.1, 0.15) is 10.9 Å². The number of thiocarbonyl (C=S) groups is 1. The molecule has 170 valence electrons. The smallest absolute Gasteiger partial charge is 0.323 e. The normalized spacial score (nSPS) is 15.2. The molecule has 1 aromatic carbocycles. The van der Waals surface area contributed by atoms with Crippen LogP contribution in [0, 0.1) is 6.92 Å². The summed E-state index contributed by atoms with van der Waals surface area (Å²) in [5.41, 5.74) is 2.62. The Morgan fingerprint density at radius 3 is 2.72 bits per heavy atom. The fourth-order valence-electron chi connectivity index (χ4n) is 3.48. The molecule has 3 rings (SSSR count). The largest absolute Gasteiger partial charge is 0.480 e. The fraction of sp³-hybridized carbons (Fsp3) is 0.417. The van der Waals surface area contributed by atoms with Crippen molar-refractivity contribution in [3.8, 4) is 5.88 Å². The molecule has 0 radical (unpaired) electrons. The van der Waals surface area contributed by atoms with Gasteiger partial charge in [0.05, 0.1) is 17.0 Å². The van der Waals surface area contributed by atoms with Crippen molar-refractivity contribution >= 4 is 57.2 Å². The van der Waals surface area contributed by atoms with Crippen LogP contribution >= 0.6 is 24.0 Å². The first-order valence-corrected chi connectivity index (χ1v) is 12.1. The number of hydrogen-bond acceptors (Lipinski definition) is 6.